The van der Waals surface area contributed by atoms with E-state index in [0.29, 0.717) is 5.92 Å². The van der Waals surface area contributed by atoms with Crippen LogP contribution in [0, 0.1) is 0 Å². The molecule has 0 saturated carbocycles. The summed E-state index contributed by atoms with van der Waals surface area (Å²) in [6.45, 7) is 4.28. The second-order valence-corrected chi connectivity index (χ2v) is 4.01. The lowest BCUT2D eigenvalue weighted by Gasteiger charge is -1.99. The number of nitrogens with zero attached hydrogens (tertiary/aromatic N) is 3. The molecule has 0 spiro atoms. The van der Waals surface area contributed by atoms with Crippen molar-refractivity contribution in [2.45, 2.75) is 26.2 Å². The van der Waals surface area contributed by atoms with Crippen molar-refractivity contribution in [2.24, 2.45) is 0 Å². The smallest absolute Gasteiger partial charge is 0.160 e. The second-order valence-electron chi connectivity index (χ2n) is 4.01. The lowest BCUT2D eigenvalue weighted by atomic mass is 10.2. The lowest BCUT2D eigenvalue weighted by molar-refractivity contribution is 0.781. The topological polar surface area (TPSA) is 46.5 Å². The number of hydrogen-bond donors (Lipinski definition) is 1. The molecule has 4 nitrogen and oxygen atoms in total. The normalized spacial score (nSPS) is 13.4. The number of hydrogen-bond acceptors (Lipinski definition) is 2. The minimum Gasteiger partial charge on any atom is -0.343 e. The van der Waals surface area contributed by atoms with Gasteiger partial charge in [-0.25, -0.2) is 9.97 Å². The summed E-state index contributed by atoms with van der Waals surface area (Å²) in [7, 11) is 0. The van der Waals surface area contributed by atoms with Crippen molar-refractivity contribution in [3.8, 4) is 5.82 Å². The quantitative estimate of drug-likeness (QED) is 0.630. The number of fused-ring (bicyclic) bond motifs is 3. The van der Waals surface area contributed by atoms with Gasteiger partial charge in [0.15, 0.2) is 5.82 Å². The van der Waals surface area contributed by atoms with Crippen molar-refractivity contribution in [1.29, 1.82) is 0 Å². The summed E-state index contributed by atoms with van der Waals surface area (Å²) in [6, 6.07) is 0. The number of aromatic nitrogens is 4. The van der Waals surface area contributed by atoms with Crippen LogP contribution in [0.1, 0.15) is 37.0 Å². The van der Waals surface area contributed by atoms with Crippen molar-refractivity contribution < 1.29 is 0 Å². The minimum absolute atomic E-state index is 0.451. The summed E-state index contributed by atoms with van der Waals surface area (Å²) in [6.07, 6.45) is 4.64. The molecular weight excluding hydrogens is 176 g/mol. The average molecular weight is 188 g/mol. The van der Waals surface area contributed by atoms with Crippen molar-refractivity contribution in [2.75, 3.05) is 0 Å². The Morgan fingerprint density at radius 3 is 3.14 bits per heavy atom. The largest absolute Gasteiger partial charge is 0.343 e. The maximum atomic E-state index is 4.57. The molecule has 4 heteroatoms. The van der Waals surface area contributed by atoms with E-state index in [1.54, 1.807) is 0 Å². The maximum Gasteiger partial charge on any atom is 0.160 e. The van der Waals surface area contributed by atoms with Crippen LogP contribution in [0.15, 0.2) is 12.5 Å². The first-order valence-electron chi connectivity index (χ1n) is 4.86. The van der Waals surface area contributed by atoms with Gasteiger partial charge in [0, 0.05) is 18.5 Å². The zero-order chi connectivity index (χ0) is 9.71. The van der Waals surface area contributed by atoms with Gasteiger partial charge < -0.3 is 4.98 Å². The number of imidazole rings is 2. The van der Waals surface area contributed by atoms with Crippen LogP contribution in [0.3, 0.4) is 0 Å². The van der Waals surface area contributed by atoms with E-state index in [2.05, 4.69) is 33.4 Å². The Labute approximate surface area is 82.0 Å². The molecule has 0 saturated heterocycles. The van der Waals surface area contributed by atoms with Crippen molar-refractivity contribution in [3.05, 3.63) is 29.7 Å². The van der Waals surface area contributed by atoms with E-state index < -0.39 is 0 Å². The highest BCUT2D eigenvalue weighted by Gasteiger charge is 2.22. The van der Waals surface area contributed by atoms with E-state index >= 15 is 0 Å². The van der Waals surface area contributed by atoms with Gasteiger partial charge in [-0.05, 0) is 0 Å². The molecule has 0 bridgehead atoms. The Morgan fingerprint density at radius 2 is 2.36 bits per heavy atom. The number of rotatable bonds is 1. The van der Waals surface area contributed by atoms with Crippen molar-refractivity contribution >= 4 is 0 Å². The molecule has 0 atom stereocenters. The second kappa shape index (κ2) is 2.47. The molecule has 0 aliphatic carbocycles. The predicted molar refractivity (Wildman–Crippen MR) is 52.6 cm³/mol. The molecule has 0 radical (unpaired) electrons. The van der Waals surface area contributed by atoms with Gasteiger partial charge in [-0.2, -0.15) is 0 Å². The van der Waals surface area contributed by atoms with Gasteiger partial charge >= 0.3 is 0 Å². The molecule has 2 aromatic heterocycles. The molecule has 0 fully saturated rings. The molecule has 1 aliphatic heterocycles. The van der Waals surface area contributed by atoms with Crippen LogP contribution in [0.5, 0.6) is 0 Å². The van der Waals surface area contributed by atoms with Crippen LogP contribution in [0.25, 0.3) is 5.82 Å². The van der Waals surface area contributed by atoms with Gasteiger partial charge in [0.05, 0.1) is 11.4 Å². The molecule has 14 heavy (non-hydrogen) atoms. The minimum atomic E-state index is 0.451. The Hall–Kier alpha value is -1.58. The molecule has 1 N–H and O–H groups in total. The van der Waals surface area contributed by atoms with Crippen LogP contribution in [-0.4, -0.2) is 19.5 Å². The van der Waals surface area contributed by atoms with Crippen LogP contribution in [-0.2, 0) is 6.42 Å². The summed E-state index contributed by atoms with van der Waals surface area (Å²) in [5.74, 6) is 2.54. The van der Waals surface area contributed by atoms with Gasteiger partial charge in [0.2, 0.25) is 0 Å². The number of aromatic amines is 1. The highest BCUT2D eigenvalue weighted by atomic mass is 15.2. The van der Waals surface area contributed by atoms with Gasteiger partial charge in [-0.3, -0.25) is 4.57 Å². The van der Waals surface area contributed by atoms with E-state index in [-0.39, 0.29) is 0 Å². The summed E-state index contributed by atoms with van der Waals surface area (Å²) in [4.78, 5) is 12.0. The summed E-state index contributed by atoms with van der Waals surface area (Å²) in [5, 5.41) is 0. The molecule has 1 aliphatic rings. The highest BCUT2D eigenvalue weighted by Crippen LogP contribution is 2.26. The molecule has 0 amide bonds. The van der Waals surface area contributed by atoms with Gasteiger partial charge in [-0.1, -0.05) is 13.8 Å². The van der Waals surface area contributed by atoms with Crippen LogP contribution >= 0.6 is 0 Å². The van der Waals surface area contributed by atoms with Gasteiger partial charge in [0.1, 0.15) is 12.2 Å². The standard InChI is InChI=1S/C10H12N4/c1-6(2)9-12-8-3-7-4-11-5-14(7)10(8)13-9/h4-6H,3H2,1-2H3,(H,12,13). The molecule has 3 rings (SSSR count). The van der Waals surface area contributed by atoms with E-state index in [1.165, 1.54) is 11.4 Å². The Morgan fingerprint density at radius 1 is 1.50 bits per heavy atom. The maximum absolute atomic E-state index is 4.57. The van der Waals surface area contributed by atoms with Crippen molar-refractivity contribution in [3.63, 3.8) is 0 Å². The third-order valence-electron chi connectivity index (χ3n) is 2.62. The number of H-pyrrole nitrogens is 1. The first-order chi connectivity index (χ1) is 6.75. The van der Waals surface area contributed by atoms with E-state index in [0.717, 1.165) is 18.1 Å². The fourth-order valence-electron chi connectivity index (χ4n) is 1.84. The molecular formula is C10H12N4. The summed E-state index contributed by atoms with van der Waals surface area (Å²) < 4.78 is 2.05. The highest BCUT2D eigenvalue weighted by molar-refractivity contribution is 5.41. The van der Waals surface area contributed by atoms with E-state index in [4.69, 9.17) is 0 Å². The number of nitrogens with one attached hydrogen (secondary N) is 1. The predicted octanol–water partition coefficient (Wildman–Crippen LogP) is 1.62. The van der Waals surface area contributed by atoms with Crippen LogP contribution in [0.2, 0.25) is 0 Å². The first kappa shape index (κ1) is 7.79. The molecule has 72 valence electrons. The molecule has 2 aromatic rings. The summed E-state index contributed by atoms with van der Waals surface area (Å²) >= 11 is 0. The molecule has 3 heterocycles. The fraction of sp³-hybridized carbons (Fsp3) is 0.400. The van der Waals surface area contributed by atoms with Crippen LogP contribution in [0.4, 0.5) is 0 Å². The SMILES string of the molecule is CC(C)c1nc2c([nH]1)Cc1cncn1-2. The summed E-state index contributed by atoms with van der Waals surface area (Å²) in [5.41, 5.74) is 2.43. The van der Waals surface area contributed by atoms with Gasteiger partial charge in [-0.15, -0.1) is 0 Å². The third kappa shape index (κ3) is 0.880. The Balaban J connectivity index is 2.15. The molecule has 0 unspecified atom stereocenters. The zero-order valence-electron chi connectivity index (χ0n) is 8.28. The van der Waals surface area contributed by atoms with Gasteiger partial charge in [0.25, 0.3) is 0 Å². The Bertz CT molecular complexity index is 478. The lowest BCUT2D eigenvalue weighted by Crippen LogP contribution is -1.95. The average Bonchev–Trinajstić information content (AvgIpc) is 2.70. The van der Waals surface area contributed by atoms with Crippen LogP contribution < -0.4 is 0 Å². The van der Waals surface area contributed by atoms with E-state index in [9.17, 15) is 0 Å². The monoisotopic (exact) mass is 188 g/mol. The fourth-order valence-corrected chi connectivity index (χ4v) is 1.84. The van der Waals surface area contributed by atoms with E-state index in [1.807, 2.05) is 12.5 Å². The molecule has 0 aromatic carbocycles. The zero-order valence-corrected chi connectivity index (χ0v) is 8.28. The third-order valence-corrected chi connectivity index (χ3v) is 2.62. The van der Waals surface area contributed by atoms with Crippen molar-refractivity contribution in [1.82, 2.24) is 19.5 Å². The first-order valence-corrected chi connectivity index (χ1v) is 4.86. The Kier molecular flexibility index (Phi) is 1.37.